The van der Waals surface area contributed by atoms with Crippen molar-refractivity contribution in [2.45, 2.75) is 39.0 Å². The highest BCUT2D eigenvalue weighted by molar-refractivity contribution is 6.06. The van der Waals surface area contributed by atoms with Gasteiger partial charge in [-0.25, -0.2) is 0 Å². The number of nitrogens with one attached hydrogen (secondary N) is 1. The van der Waals surface area contributed by atoms with Gasteiger partial charge in [0.2, 0.25) is 5.91 Å². The summed E-state index contributed by atoms with van der Waals surface area (Å²) in [5.41, 5.74) is 2.35. The molecule has 0 saturated carbocycles. The number of carbonyl (C=O) groups is 2. The van der Waals surface area contributed by atoms with Crippen molar-refractivity contribution in [1.29, 1.82) is 0 Å². The summed E-state index contributed by atoms with van der Waals surface area (Å²) in [5.74, 6) is 0.225. The van der Waals surface area contributed by atoms with Gasteiger partial charge in [0, 0.05) is 37.1 Å². The predicted molar refractivity (Wildman–Crippen MR) is 98.6 cm³/mol. The minimum absolute atomic E-state index is 0.125. The van der Waals surface area contributed by atoms with Crippen LogP contribution in [0.1, 0.15) is 55.1 Å². The Morgan fingerprint density at radius 2 is 1.92 bits per heavy atom. The van der Waals surface area contributed by atoms with Gasteiger partial charge in [-0.2, -0.15) is 0 Å². The van der Waals surface area contributed by atoms with Crippen molar-refractivity contribution in [2.75, 3.05) is 19.6 Å². The van der Waals surface area contributed by atoms with Crippen molar-refractivity contribution in [3.63, 3.8) is 0 Å². The molecule has 1 aliphatic heterocycles. The first-order chi connectivity index (χ1) is 12.1. The van der Waals surface area contributed by atoms with E-state index in [4.69, 9.17) is 0 Å². The first-order valence-corrected chi connectivity index (χ1v) is 9.02. The minimum atomic E-state index is -0.144. The molecule has 0 unspecified atom stereocenters. The molecule has 0 atom stereocenters. The molecule has 132 valence electrons. The van der Waals surface area contributed by atoms with E-state index in [1.165, 1.54) is 0 Å². The maximum atomic E-state index is 12.7. The van der Waals surface area contributed by atoms with Crippen LogP contribution in [0, 0.1) is 0 Å². The van der Waals surface area contributed by atoms with Crippen molar-refractivity contribution in [3.05, 3.63) is 41.6 Å². The molecule has 1 aromatic carbocycles. The van der Waals surface area contributed by atoms with Gasteiger partial charge in [-0.05, 0) is 30.9 Å². The molecule has 1 aromatic heterocycles. The largest absolute Gasteiger partial charge is 0.351 e. The van der Waals surface area contributed by atoms with E-state index in [0.717, 1.165) is 42.5 Å². The maximum Gasteiger partial charge on any atom is 0.252 e. The third kappa shape index (κ3) is 3.98. The van der Waals surface area contributed by atoms with Crippen LogP contribution < -0.4 is 5.32 Å². The van der Waals surface area contributed by atoms with Crippen LogP contribution in [0.2, 0.25) is 0 Å². The van der Waals surface area contributed by atoms with E-state index in [1.807, 2.05) is 35.2 Å². The number of hydrogen-bond donors (Lipinski definition) is 1. The standard InChI is InChI=1S/C20H25N3O2/c1-14(2)18-13-16(15-7-3-4-8-17(15)22-18)20(25)21-10-9-19(24)23-11-5-6-12-23/h3-4,7-8,13-14H,5-6,9-12H2,1-2H3,(H,21,25). The van der Waals surface area contributed by atoms with Gasteiger partial charge in [-0.15, -0.1) is 0 Å². The number of aromatic nitrogens is 1. The highest BCUT2D eigenvalue weighted by Gasteiger charge is 2.18. The lowest BCUT2D eigenvalue weighted by Gasteiger charge is -2.15. The zero-order valence-corrected chi connectivity index (χ0v) is 14.9. The van der Waals surface area contributed by atoms with Crippen LogP contribution in [0.5, 0.6) is 0 Å². The zero-order valence-electron chi connectivity index (χ0n) is 14.9. The fourth-order valence-corrected chi connectivity index (χ4v) is 3.18. The summed E-state index contributed by atoms with van der Waals surface area (Å²) >= 11 is 0. The Morgan fingerprint density at radius 3 is 2.64 bits per heavy atom. The molecule has 0 bridgehead atoms. The fraction of sp³-hybridized carbons (Fsp3) is 0.450. The molecule has 1 N–H and O–H groups in total. The number of benzene rings is 1. The number of para-hydroxylation sites is 1. The van der Waals surface area contributed by atoms with E-state index in [2.05, 4.69) is 24.1 Å². The summed E-state index contributed by atoms with van der Waals surface area (Å²) < 4.78 is 0. The minimum Gasteiger partial charge on any atom is -0.351 e. The average molecular weight is 339 g/mol. The molecule has 2 heterocycles. The van der Waals surface area contributed by atoms with Gasteiger partial charge in [0.15, 0.2) is 0 Å². The van der Waals surface area contributed by atoms with Crippen LogP contribution in [-0.2, 0) is 4.79 Å². The SMILES string of the molecule is CC(C)c1cc(C(=O)NCCC(=O)N2CCCC2)c2ccccc2n1. The monoisotopic (exact) mass is 339 g/mol. The molecule has 0 spiro atoms. The molecule has 1 fully saturated rings. The fourth-order valence-electron chi connectivity index (χ4n) is 3.18. The third-order valence-corrected chi connectivity index (χ3v) is 4.66. The second-order valence-corrected chi connectivity index (χ2v) is 6.86. The third-order valence-electron chi connectivity index (χ3n) is 4.66. The molecule has 2 amide bonds. The van der Waals surface area contributed by atoms with Crippen LogP contribution in [0.4, 0.5) is 0 Å². The number of pyridine rings is 1. The Balaban J connectivity index is 1.71. The summed E-state index contributed by atoms with van der Waals surface area (Å²) in [6.07, 6.45) is 2.52. The molecule has 1 aliphatic rings. The molecular formula is C20H25N3O2. The number of hydrogen-bond acceptors (Lipinski definition) is 3. The van der Waals surface area contributed by atoms with Crippen LogP contribution in [-0.4, -0.2) is 41.3 Å². The molecule has 0 aliphatic carbocycles. The average Bonchev–Trinajstić information content (AvgIpc) is 3.15. The lowest BCUT2D eigenvalue weighted by Crippen LogP contribution is -2.32. The van der Waals surface area contributed by atoms with Gasteiger partial charge in [0.05, 0.1) is 11.1 Å². The van der Waals surface area contributed by atoms with E-state index in [0.29, 0.717) is 18.5 Å². The molecule has 5 nitrogen and oxygen atoms in total. The van der Waals surface area contributed by atoms with E-state index in [1.54, 1.807) is 0 Å². The molecule has 3 rings (SSSR count). The molecule has 5 heteroatoms. The molecule has 0 radical (unpaired) electrons. The van der Waals surface area contributed by atoms with E-state index in [-0.39, 0.29) is 17.7 Å². The molecular weight excluding hydrogens is 314 g/mol. The van der Waals surface area contributed by atoms with Crippen molar-refractivity contribution in [1.82, 2.24) is 15.2 Å². The quantitative estimate of drug-likeness (QED) is 0.910. The maximum absolute atomic E-state index is 12.7. The van der Waals surface area contributed by atoms with Crippen LogP contribution in [0.25, 0.3) is 10.9 Å². The van der Waals surface area contributed by atoms with Crippen molar-refractivity contribution >= 4 is 22.7 Å². The normalized spacial score (nSPS) is 14.3. The highest BCUT2D eigenvalue weighted by atomic mass is 16.2. The van der Waals surface area contributed by atoms with Crippen molar-refractivity contribution in [2.24, 2.45) is 0 Å². The van der Waals surface area contributed by atoms with Gasteiger partial charge in [-0.1, -0.05) is 32.0 Å². The van der Waals surface area contributed by atoms with Gasteiger partial charge in [-0.3, -0.25) is 14.6 Å². The number of amides is 2. The van der Waals surface area contributed by atoms with Crippen LogP contribution in [0.15, 0.2) is 30.3 Å². The summed E-state index contributed by atoms with van der Waals surface area (Å²) in [6, 6.07) is 9.54. The van der Waals surface area contributed by atoms with Gasteiger partial charge < -0.3 is 10.2 Å². The van der Waals surface area contributed by atoms with Gasteiger partial charge >= 0.3 is 0 Å². The van der Waals surface area contributed by atoms with Crippen LogP contribution in [0.3, 0.4) is 0 Å². The Hall–Kier alpha value is -2.43. The zero-order chi connectivity index (χ0) is 17.8. The predicted octanol–water partition coefficient (Wildman–Crippen LogP) is 3.10. The molecule has 2 aromatic rings. The van der Waals surface area contributed by atoms with Crippen molar-refractivity contribution in [3.8, 4) is 0 Å². The lowest BCUT2D eigenvalue weighted by molar-refractivity contribution is -0.129. The summed E-state index contributed by atoms with van der Waals surface area (Å²) in [7, 11) is 0. The summed E-state index contributed by atoms with van der Waals surface area (Å²) in [6.45, 7) is 6.18. The van der Waals surface area contributed by atoms with E-state index in [9.17, 15) is 9.59 Å². The Kier molecular flexibility index (Phi) is 5.31. The number of rotatable bonds is 5. The van der Waals surface area contributed by atoms with Crippen LogP contribution >= 0.6 is 0 Å². The lowest BCUT2D eigenvalue weighted by atomic mass is 10.0. The highest BCUT2D eigenvalue weighted by Crippen LogP contribution is 2.22. The first kappa shape index (κ1) is 17.4. The second-order valence-electron chi connectivity index (χ2n) is 6.86. The van der Waals surface area contributed by atoms with E-state index >= 15 is 0 Å². The molecule has 25 heavy (non-hydrogen) atoms. The Labute approximate surface area is 148 Å². The van der Waals surface area contributed by atoms with E-state index < -0.39 is 0 Å². The Bertz CT molecular complexity index is 780. The number of nitrogens with zero attached hydrogens (tertiary/aromatic N) is 2. The van der Waals surface area contributed by atoms with Crippen molar-refractivity contribution < 1.29 is 9.59 Å². The second kappa shape index (κ2) is 7.64. The summed E-state index contributed by atoms with van der Waals surface area (Å²) in [5, 5.41) is 3.74. The summed E-state index contributed by atoms with van der Waals surface area (Å²) in [4.78, 5) is 31.3. The Morgan fingerprint density at radius 1 is 1.20 bits per heavy atom. The number of fused-ring (bicyclic) bond motifs is 1. The topological polar surface area (TPSA) is 62.3 Å². The number of carbonyl (C=O) groups excluding carboxylic acids is 2. The van der Waals surface area contributed by atoms with Gasteiger partial charge in [0.25, 0.3) is 5.91 Å². The first-order valence-electron chi connectivity index (χ1n) is 9.02. The number of likely N-dealkylation sites (tertiary alicyclic amines) is 1. The molecule has 1 saturated heterocycles. The smallest absolute Gasteiger partial charge is 0.252 e. The van der Waals surface area contributed by atoms with Gasteiger partial charge in [0.1, 0.15) is 0 Å².